The summed E-state index contributed by atoms with van der Waals surface area (Å²) in [7, 11) is -2.57. The molecule has 1 aromatic heterocycles. The number of hydrogen-bond acceptors (Lipinski definition) is 6. The Kier molecular flexibility index (Phi) is 7.13. The van der Waals surface area contributed by atoms with Gasteiger partial charge in [0.2, 0.25) is 0 Å². The molecule has 1 N–H and O–H groups in total. The monoisotopic (exact) mass is 505 g/mol. The Morgan fingerprint density at radius 3 is 2.58 bits per heavy atom. The van der Waals surface area contributed by atoms with Crippen molar-refractivity contribution < 1.29 is 22.4 Å². The second kappa shape index (κ2) is 9.80. The van der Waals surface area contributed by atoms with Crippen LogP contribution in [0.15, 0.2) is 79.7 Å². The van der Waals surface area contributed by atoms with Crippen molar-refractivity contribution in [3.63, 3.8) is 0 Å². The summed E-state index contributed by atoms with van der Waals surface area (Å²) in [5, 5.41) is 3.80. The molecule has 2 aromatic carbocycles. The summed E-state index contributed by atoms with van der Waals surface area (Å²) in [5.74, 6) is 0.330. The number of hydrazone groups is 1. The van der Waals surface area contributed by atoms with Crippen LogP contribution in [0.2, 0.25) is 0 Å². The van der Waals surface area contributed by atoms with E-state index in [9.17, 15) is 13.2 Å². The number of benzene rings is 2. The first-order valence-corrected chi connectivity index (χ1v) is 11.3. The second-order valence-corrected chi connectivity index (χ2v) is 9.17. The van der Waals surface area contributed by atoms with Crippen molar-refractivity contribution in [1.29, 1.82) is 0 Å². The van der Waals surface area contributed by atoms with Gasteiger partial charge in [0.1, 0.15) is 18.1 Å². The maximum Gasteiger partial charge on any atom is 0.264 e. The van der Waals surface area contributed by atoms with Crippen molar-refractivity contribution in [2.24, 2.45) is 5.10 Å². The summed E-state index contributed by atoms with van der Waals surface area (Å²) in [4.78, 5) is 12.5. The number of rotatable bonds is 8. The quantitative estimate of drug-likeness (QED) is 0.371. The Morgan fingerprint density at radius 2 is 1.97 bits per heavy atom. The number of carbonyl (C=O) groups excluding carboxylic acids is 1. The van der Waals surface area contributed by atoms with Gasteiger partial charge in [-0.15, -0.1) is 0 Å². The van der Waals surface area contributed by atoms with Crippen LogP contribution in [0.25, 0.3) is 0 Å². The molecule has 0 radical (unpaired) electrons. The average molecular weight is 506 g/mol. The van der Waals surface area contributed by atoms with Gasteiger partial charge in [0.25, 0.3) is 15.9 Å². The molecule has 8 nitrogen and oxygen atoms in total. The second-order valence-electron chi connectivity index (χ2n) is 6.45. The van der Waals surface area contributed by atoms with Gasteiger partial charge in [-0.1, -0.05) is 17.7 Å². The van der Waals surface area contributed by atoms with Crippen LogP contribution in [-0.2, 0) is 14.8 Å². The molecule has 1 heterocycles. The minimum Gasteiger partial charge on any atom is -0.496 e. The summed E-state index contributed by atoms with van der Waals surface area (Å²) < 4.78 is 38.6. The van der Waals surface area contributed by atoms with Crippen molar-refractivity contribution in [3.8, 4) is 5.75 Å². The third kappa shape index (κ3) is 5.53. The number of methoxy groups -OCH3 is 1. The minimum atomic E-state index is -4.06. The molecule has 0 saturated carbocycles. The van der Waals surface area contributed by atoms with E-state index in [-0.39, 0.29) is 4.90 Å². The summed E-state index contributed by atoms with van der Waals surface area (Å²) in [5.41, 5.74) is 3.63. The van der Waals surface area contributed by atoms with Crippen molar-refractivity contribution in [2.75, 3.05) is 18.0 Å². The van der Waals surface area contributed by atoms with Gasteiger partial charge in [-0.2, -0.15) is 5.10 Å². The highest BCUT2D eigenvalue weighted by Gasteiger charge is 2.28. The van der Waals surface area contributed by atoms with Crippen LogP contribution in [0.1, 0.15) is 11.3 Å². The first-order valence-electron chi connectivity index (χ1n) is 9.09. The van der Waals surface area contributed by atoms with Crippen LogP contribution in [0, 0.1) is 6.92 Å². The maximum absolute atomic E-state index is 13.4. The summed E-state index contributed by atoms with van der Waals surface area (Å²) >= 11 is 3.30. The average Bonchev–Trinajstić information content (AvgIpc) is 3.26. The third-order valence-corrected chi connectivity index (χ3v) is 6.63. The number of carbonyl (C=O) groups is 1. The molecule has 1 amide bonds. The Bertz CT molecular complexity index is 1180. The summed E-state index contributed by atoms with van der Waals surface area (Å²) in [6.07, 6.45) is 2.80. The molecular weight excluding hydrogens is 486 g/mol. The Morgan fingerprint density at radius 1 is 1.23 bits per heavy atom. The fourth-order valence-corrected chi connectivity index (χ4v) is 4.80. The zero-order valence-corrected chi connectivity index (χ0v) is 19.2. The highest BCUT2D eigenvalue weighted by atomic mass is 79.9. The number of nitrogens with zero attached hydrogens (tertiary/aromatic N) is 2. The molecule has 0 aliphatic rings. The number of sulfonamides is 1. The van der Waals surface area contributed by atoms with Gasteiger partial charge in [0.05, 0.1) is 34.6 Å². The van der Waals surface area contributed by atoms with Gasteiger partial charge < -0.3 is 9.15 Å². The van der Waals surface area contributed by atoms with Gasteiger partial charge in [-0.3, -0.25) is 9.10 Å². The van der Waals surface area contributed by atoms with E-state index in [1.54, 1.807) is 36.4 Å². The van der Waals surface area contributed by atoms with Crippen molar-refractivity contribution >= 4 is 43.8 Å². The number of ether oxygens (including phenoxy) is 1. The molecule has 0 aliphatic heterocycles. The summed E-state index contributed by atoms with van der Waals surface area (Å²) in [6, 6.07) is 14.6. The predicted molar refractivity (Wildman–Crippen MR) is 121 cm³/mol. The van der Waals surface area contributed by atoms with Gasteiger partial charge in [-0.05, 0) is 65.3 Å². The van der Waals surface area contributed by atoms with E-state index in [1.807, 2.05) is 6.92 Å². The maximum atomic E-state index is 13.4. The fourth-order valence-electron chi connectivity index (χ4n) is 2.66. The normalized spacial score (nSPS) is 11.5. The molecule has 0 unspecified atom stereocenters. The highest BCUT2D eigenvalue weighted by molar-refractivity contribution is 9.10. The van der Waals surface area contributed by atoms with E-state index >= 15 is 0 Å². The lowest BCUT2D eigenvalue weighted by Crippen LogP contribution is -2.39. The number of anilines is 1. The van der Waals surface area contributed by atoms with Gasteiger partial charge in [-0.25, -0.2) is 13.8 Å². The molecular formula is C21H20BrN3O5S. The van der Waals surface area contributed by atoms with Crippen molar-refractivity contribution in [1.82, 2.24) is 5.43 Å². The third-order valence-electron chi connectivity index (χ3n) is 4.24. The van der Waals surface area contributed by atoms with Crippen LogP contribution in [-0.4, -0.2) is 34.2 Å². The molecule has 3 rings (SSSR count). The molecule has 0 aliphatic carbocycles. The predicted octanol–water partition coefficient (Wildman–Crippen LogP) is 3.70. The molecule has 0 atom stereocenters. The van der Waals surface area contributed by atoms with Crippen LogP contribution in [0.5, 0.6) is 5.75 Å². The number of nitrogens with one attached hydrogen (secondary N) is 1. The molecule has 0 bridgehead atoms. The first-order chi connectivity index (χ1) is 14.8. The SMILES string of the molecule is COc1ccc(S(=O)(=O)N(CC(=O)N/N=C\c2ccco2)c2ccc(C)cc2)cc1Br. The van der Waals surface area contributed by atoms with E-state index in [1.165, 1.54) is 37.8 Å². The molecule has 0 fully saturated rings. The zero-order chi connectivity index (χ0) is 22.4. The van der Waals surface area contributed by atoms with E-state index in [0.29, 0.717) is 21.7 Å². The standard InChI is InChI=1S/C21H20BrN3O5S/c1-15-5-7-16(8-6-15)25(14-21(26)24-23-13-17-4-3-11-30-17)31(27,28)18-9-10-20(29-2)19(22)12-18/h3-13H,14H2,1-2H3,(H,24,26)/b23-13-. The van der Waals surface area contributed by atoms with Crippen LogP contribution in [0.4, 0.5) is 5.69 Å². The van der Waals surface area contributed by atoms with Crippen LogP contribution >= 0.6 is 15.9 Å². The lowest BCUT2D eigenvalue weighted by molar-refractivity contribution is -0.119. The fraction of sp³-hybridized carbons (Fsp3) is 0.143. The first kappa shape index (κ1) is 22.6. The topological polar surface area (TPSA) is 101 Å². The number of aryl methyl sites for hydroxylation is 1. The van der Waals surface area contributed by atoms with Gasteiger partial charge in [0.15, 0.2) is 0 Å². The molecule has 3 aromatic rings. The van der Waals surface area contributed by atoms with Crippen molar-refractivity contribution in [2.45, 2.75) is 11.8 Å². The van der Waals surface area contributed by atoms with Crippen LogP contribution < -0.4 is 14.5 Å². The molecule has 0 saturated heterocycles. The molecule has 10 heteroatoms. The lowest BCUT2D eigenvalue weighted by atomic mass is 10.2. The van der Waals surface area contributed by atoms with E-state index in [0.717, 1.165) is 9.87 Å². The van der Waals surface area contributed by atoms with Crippen LogP contribution in [0.3, 0.4) is 0 Å². The Balaban J connectivity index is 1.89. The Labute approximate surface area is 188 Å². The Hall–Kier alpha value is -3.11. The molecule has 0 spiro atoms. The van der Waals surface area contributed by atoms with E-state index in [4.69, 9.17) is 9.15 Å². The largest absolute Gasteiger partial charge is 0.496 e. The molecule has 162 valence electrons. The summed E-state index contributed by atoms with van der Waals surface area (Å²) in [6.45, 7) is 1.42. The minimum absolute atomic E-state index is 0.00707. The zero-order valence-electron chi connectivity index (χ0n) is 16.8. The van der Waals surface area contributed by atoms with Gasteiger partial charge >= 0.3 is 0 Å². The smallest absolute Gasteiger partial charge is 0.264 e. The highest BCUT2D eigenvalue weighted by Crippen LogP contribution is 2.30. The number of hydrogen-bond donors (Lipinski definition) is 1. The number of halogens is 1. The van der Waals surface area contributed by atoms with E-state index < -0.39 is 22.5 Å². The van der Waals surface area contributed by atoms with Gasteiger partial charge in [0, 0.05) is 0 Å². The van der Waals surface area contributed by atoms with E-state index in [2.05, 4.69) is 26.5 Å². The number of furan rings is 1. The molecule has 31 heavy (non-hydrogen) atoms. The number of amides is 1. The lowest BCUT2D eigenvalue weighted by Gasteiger charge is -2.24. The van der Waals surface area contributed by atoms with Crippen molar-refractivity contribution in [3.05, 3.63) is 76.7 Å².